The summed E-state index contributed by atoms with van der Waals surface area (Å²) in [7, 11) is 0. The quantitative estimate of drug-likeness (QED) is 0.318. The van der Waals surface area contributed by atoms with Crippen LogP contribution in [0.2, 0.25) is 13.3 Å². The van der Waals surface area contributed by atoms with E-state index in [9.17, 15) is 10.1 Å². The molecule has 0 rings (SSSR count). The Bertz CT molecular complexity index is 277. The zero-order valence-electron chi connectivity index (χ0n) is 13.2. The molecule has 0 aromatic carbocycles. The molecule has 0 atom stereocenters. The van der Waals surface area contributed by atoms with Crippen molar-refractivity contribution in [3.8, 4) is 6.19 Å². The van der Waals surface area contributed by atoms with E-state index in [2.05, 4.69) is 27.0 Å². The van der Waals surface area contributed by atoms with Crippen molar-refractivity contribution < 1.29 is 4.79 Å². The molecule has 0 bridgehead atoms. The number of nitriles is 1. The second kappa shape index (κ2) is 10.5. The Morgan fingerprint density at radius 2 is 1.37 bits per heavy atom. The average molecular weight is 373 g/mol. The van der Waals surface area contributed by atoms with Gasteiger partial charge in [0.15, 0.2) is 0 Å². The molecule has 1 amide bonds. The molecule has 0 heterocycles. The normalized spacial score (nSPS) is 11.1. The van der Waals surface area contributed by atoms with E-state index in [0.29, 0.717) is 0 Å². The molecule has 0 aromatic heterocycles. The predicted molar refractivity (Wildman–Crippen MR) is 83.0 cm³/mol. The van der Waals surface area contributed by atoms with Crippen molar-refractivity contribution in [3.05, 3.63) is 0 Å². The number of unbranched alkanes of at least 4 members (excludes halogenated alkanes) is 3. The fraction of sp³-hybridized carbons (Fsp3) is 0.867. The second-order valence-electron chi connectivity index (χ2n) is 5.49. The van der Waals surface area contributed by atoms with Crippen LogP contribution in [0.3, 0.4) is 0 Å². The van der Waals surface area contributed by atoms with Crippen molar-refractivity contribution in [2.24, 2.45) is 0 Å². The van der Waals surface area contributed by atoms with E-state index < -0.39 is 18.7 Å². The van der Waals surface area contributed by atoms with Crippen LogP contribution in [0.1, 0.15) is 66.2 Å². The van der Waals surface area contributed by atoms with Gasteiger partial charge >= 0.3 is 123 Å². The van der Waals surface area contributed by atoms with E-state index in [4.69, 9.17) is 0 Å². The first kappa shape index (κ1) is 18.8. The van der Waals surface area contributed by atoms with Crippen LogP contribution < -0.4 is 0 Å². The van der Waals surface area contributed by atoms with Crippen LogP contribution in [0.15, 0.2) is 0 Å². The number of rotatable bonds is 10. The number of hydrogen-bond acceptors (Lipinski definition) is 2. The van der Waals surface area contributed by atoms with Gasteiger partial charge in [-0.2, -0.15) is 0 Å². The number of hydrogen-bond donors (Lipinski definition) is 0. The summed E-state index contributed by atoms with van der Waals surface area (Å²) in [6, 6.07) is 0. The molecule has 0 spiro atoms. The molecule has 0 saturated heterocycles. The summed E-state index contributed by atoms with van der Waals surface area (Å²) in [5.41, 5.74) is 0. The van der Waals surface area contributed by atoms with Crippen LogP contribution >= 0.6 is 0 Å². The van der Waals surface area contributed by atoms with Gasteiger partial charge in [-0.05, 0) is 0 Å². The number of amides is 1. The van der Waals surface area contributed by atoms with E-state index in [1.807, 2.05) is 0 Å². The van der Waals surface area contributed by atoms with Gasteiger partial charge in [-0.1, -0.05) is 0 Å². The van der Waals surface area contributed by atoms with Gasteiger partial charge in [0.2, 0.25) is 0 Å². The van der Waals surface area contributed by atoms with Crippen LogP contribution in [-0.2, 0) is 4.79 Å². The summed E-state index contributed by atoms with van der Waals surface area (Å²) >= 11 is -2.80. The Kier molecular flexibility index (Phi) is 10.4. The van der Waals surface area contributed by atoms with E-state index in [1.54, 1.807) is 10.0 Å². The Morgan fingerprint density at radius 3 is 1.58 bits per heavy atom. The summed E-state index contributed by atoms with van der Waals surface area (Å²) in [5, 5.41) is 9.44. The molecule has 0 fully saturated rings. The van der Waals surface area contributed by atoms with Crippen molar-refractivity contribution in [1.29, 1.82) is 5.26 Å². The molecular formula is C15H30N2OSn. The third-order valence-corrected chi connectivity index (χ3v) is 18.8. The SMILES string of the molecule is CCC[CH2][Sn]([CH2]CCC)([CH2]CCC)[N](C#N)C(C)=O. The monoisotopic (exact) mass is 374 g/mol. The van der Waals surface area contributed by atoms with Crippen molar-refractivity contribution in [3.63, 3.8) is 0 Å². The molecule has 19 heavy (non-hydrogen) atoms. The third-order valence-electron chi connectivity index (χ3n) is 3.88. The van der Waals surface area contributed by atoms with Crippen LogP contribution in [0.5, 0.6) is 0 Å². The Labute approximate surface area is 123 Å². The number of carbonyl (C=O) groups excluding carboxylic acids is 1. The number of carbonyl (C=O) groups is 1. The molecule has 0 aliphatic rings. The molecule has 0 aromatic rings. The second-order valence-corrected chi connectivity index (χ2v) is 18.0. The molecule has 4 heteroatoms. The first-order valence-electron chi connectivity index (χ1n) is 7.78. The van der Waals surface area contributed by atoms with Gasteiger partial charge in [0.05, 0.1) is 0 Å². The maximum absolute atomic E-state index is 11.9. The Hall–Kier alpha value is -0.241. The fourth-order valence-electron chi connectivity index (χ4n) is 2.74. The minimum absolute atomic E-state index is 0.0124. The minimum atomic E-state index is -2.80. The summed E-state index contributed by atoms with van der Waals surface area (Å²) in [4.78, 5) is 11.9. The predicted octanol–water partition coefficient (Wildman–Crippen LogP) is 4.66. The fourth-order valence-corrected chi connectivity index (χ4v) is 18.0. The van der Waals surface area contributed by atoms with E-state index >= 15 is 0 Å². The van der Waals surface area contributed by atoms with Gasteiger partial charge < -0.3 is 0 Å². The first-order valence-corrected chi connectivity index (χ1v) is 15.1. The van der Waals surface area contributed by atoms with Crippen molar-refractivity contribution >= 4 is 24.6 Å². The molecule has 0 radical (unpaired) electrons. The average Bonchev–Trinajstić information content (AvgIpc) is 2.40. The molecule has 3 nitrogen and oxygen atoms in total. The summed E-state index contributed by atoms with van der Waals surface area (Å²) < 4.78 is 5.17. The van der Waals surface area contributed by atoms with Gasteiger partial charge in [-0.25, -0.2) is 0 Å². The summed E-state index contributed by atoms with van der Waals surface area (Å²) in [6.07, 6.45) is 9.26. The van der Waals surface area contributed by atoms with Crippen LogP contribution in [0, 0.1) is 11.5 Å². The zero-order valence-corrected chi connectivity index (χ0v) is 16.0. The van der Waals surface area contributed by atoms with Crippen LogP contribution in [-0.4, -0.2) is 27.7 Å². The van der Waals surface area contributed by atoms with Crippen molar-refractivity contribution in [2.45, 2.75) is 79.5 Å². The van der Waals surface area contributed by atoms with Crippen LogP contribution in [0.25, 0.3) is 0 Å². The standard InChI is InChI=1S/3C4H9.C3H4N2O.Sn/c3*1-3-4-2;1-3(6)5-2-4;/h3*1,3-4H2,2H3;1H3,(H,5,6);/q;;;;+1/p-1. The van der Waals surface area contributed by atoms with Crippen LogP contribution in [0.4, 0.5) is 0 Å². The van der Waals surface area contributed by atoms with E-state index in [-0.39, 0.29) is 5.91 Å². The molecular weight excluding hydrogens is 343 g/mol. The topological polar surface area (TPSA) is 44.1 Å². The molecule has 110 valence electrons. The Balaban J connectivity index is 5.17. The maximum atomic E-state index is 11.9. The van der Waals surface area contributed by atoms with Gasteiger partial charge in [0.1, 0.15) is 0 Å². The number of nitrogens with zero attached hydrogens (tertiary/aromatic N) is 2. The van der Waals surface area contributed by atoms with Gasteiger partial charge in [-0.3, -0.25) is 0 Å². The third kappa shape index (κ3) is 6.16. The van der Waals surface area contributed by atoms with Gasteiger partial charge in [-0.15, -0.1) is 0 Å². The molecule has 0 saturated carbocycles. The molecule has 0 aliphatic heterocycles. The van der Waals surface area contributed by atoms with Gasteiger partial charge in [0.25, 0.3) is 0 Å². The van der Waals surface area contributed by atoms with Gasteiger partial charge in [0, 0.05) is 0 Å². The molecule has 0 unspecified atom stereocenters. The van der Waals surface area contributed by atoms with E-state index in [0.717, 1.165) is 19.3 Å². The Morgan fingerprint density at radius 1 is 1.00 bits per heavy atom. The van der Waals surface area contributed by atoms with Crippen molar-refractivity contribution in [2.75, 3.05) is 0 Å². The first-order chi connectivity index (χ1) is 9.07. The zero-order chi connectivity index (χ0) is 14.7. The molecule has 0 N–H and O–H groups in total. The summed E-state index contributed by atoms with van der Waals surface area (Å²) in [6.45, 7) is 8.15. The van der Waals surface area contributed by atoms with E-state index in [1.165, 1.54) is 32.6 Å². The van der Waals surface area contributed by atoms with Crippen molar-refractivity contribution in [1.82, 2.24) is 3.12 Å². The summed E-state index contributed by atoms with van der Waals surface area (Å²) in [5.74, 6) is -0.0124. The molecule has 0 aliphatic carbocycles.